The van der Waals surface area contributed by atoms with Crippen molar-refractivity contribution in [2.45, 2.75) is 63.8 Å². The highest BCUT2D eigenvalue weighted by Gasteiger charge is 2.43. The van der Waals surface area contributed by atoms with Gasteiger partial charge < -0.3 is 9.16 Å². The van der Waals surface area contributed by atoms with Crippen LogP contribution in [0.1, 0.15) is 33.4 Å². The minimum atomic E-state index is -3.71. The molecule has 0 amide bonds. The Bertz CT molecular complexity index is 885. The van der Waals surface area contributed by atoms with Gasteiger partial charge in [-0.15, -0.1) is 0 Å². The summed E-state index contributed by atoms with van der Waals surface area (Å²) in [5.74, 6) is 0. The van der Waals surface area contributed by atoms with Crippen molar-refractivity contribution >= 4 is 18.4 Å². The van der Waals surface area contributed by atoms with Crippen LogP contribution in [0.2, 0.25) is 18.1 Å². The molecule has 2 rings (SSSR count). The third-order valence-corrected chi connectivity index (χ3v) is 10.2. The predicted octanol–water partition coefficient (Wildman–Crippen LogP) is 1.19. The van der Waals surface area contributed by atoms with E-state index in [1.54, 1.807) is 0 Å². The molecule has 1 N–H and O–H groups in total. The molecule has 27 heavy (non-hydrogen) atoms. The van der Waals surface area contributed by atoms with Gasteiger partial charge in [-0.25, -0.2) is 4.79 Å². The summed E-state index contributed by atoms with van der Waals surface area (Å²) >= 11 is 0. The fraction of sp³-hybridized carbons (Fsp3) is 0.750. The van der Waals surface area contributed by atoms with E-state index in [1.807, 2.05) is 0 Å². The van der Waals surface area contributed by atoms with E-state index in [0.29, 0.717) is 0 Å². The van der Waals surface area contributed by atoms with Gasteiger partial charge in [0.25, 0.3) is 15.7 Å². The number of H-pyrrole nitrogens is 1. The lowest BCUT2D eigenvalue weighted by atomic mass is 10.2. The van der Waals surface area contributed by atoms with E-state index in [0.717, 1.165) is 6.26 Å². The molecular formula is C16H28N2O7SSi. The fourth-order valence-electron chi connectivity index (χ4n) is 2.51. The average Bonchev–Trinajstić information content (AvgIpc) is 2.84. The summed E-state index contributed by atoms with van der Waals surface area (Å²) in [6.45, 7) is 10.6. The Morgan fingerprint density at radius 3 is 2.48 bits per heavy atom. The lowest BCUT2D eigenvalue weighted by molar-refractivity contribution is -0.0387. The van der Waals surface area contributed by atoms with Gasteiger partial charge in [0.2, 0.25) is 0 Å². The molecule has 0 saturated carbocycles. The minimum Gasteiger partial charge on any atom is -0.414 e. The number of nitrogens with zero attached hydrogens (tertiary/aromatic N) is 1. The molecule has 1 aromatic heterocycles. The quantitative estimate of drug-likeness (QED) is 0.543. The molecule has 2 heterocycles. The van der Waals surface area contributed by atoms with E-state index in [1.165, 1.54) is 16.8 Å². The summed E-state index contributed by atoms with van der Waals surface area (Å²) in [6, 6.07) is 1.21. The molecule has 0 spiro atoms. The Labute approximate surface area is 159 Å². The van der Waals surface area contributed by atoms with Crippen LogP contribution in [0.5, 0.6) is 0 Å². The number of aromatic nitrogens is 2. The van der Waals surface area contributed by atoms with Crippen LogP contribution in [0.25, 0.3) is 0 Å². The molecule has 0 bridgehead atoms. The van der Waals surface area contributed by atoms with Crippen molar-refractivity contribution in [2.24, 2.45) is 0 Å². The fourth-order valence-corrected chi connectivity index (χ4v) is 4.17. The normalized spacial score (nSPS) is 24.3. The van der Waals surface area contributed by atoms with Gasteiger partial charge >= 0.3 is 5.69 Å². The van der Waals surface area contributed by atoms with Crippen molar-refractivity contribution in [2.75, 3.05) is 12.9 Å². The molecule has 154 valence electrons. The first-order chi connectivity index (χ1) is 12.2. The van der Waals surface area contributed by atoms with Gasteiger partial charge in [-0.1, -0.05) is 20.8 Å². The van der Waals surface area contributed by atoms with Crippen molar-refractivity contribution in [1.29, 1.82) is 0 Å². The zero-order valence-electron chi connectivity index (χ0n) is 16.5. The minimum absolute atomic E-state index is 0.0198. The largest absolute Gasteiger partial charge is 0.414 e. The molecule has 1 aromatic rings. The first-order valence-electron chi connectivity index (χ1n) is 8.69. The number of hydrogen-bond acceptors (Lipinski definition) is 7. The second kappa shape index (κ2) is 7.63. The van der Waals surface area contributed by atoms with E-state index < -0.39 is 48.1 Å². The smallest absolute Gasteiger partial charge is 0.330 e. The molecule has 0 aromatic carbocycles. The van der Waals surface area contributed by atoms with Crippen molar-refractivity contribution in [3.8, 4) is 0 Å². The lowest BCUT2D eigenvalue weighted by Crippen LogP contribution is -2.44. The lowest BCUT2D eigenvalue weighted by Gasteiger charge is -2.37. The number of rotatable bonds is 6. The maximum absolute atomic E-state index is 12.0. The highest BCUT2D eigenvalue weighted by Crippen LogP contribution is 2.38. The molecule has 3 atom stereocenters. The van der Waals surface area contributed by atoms with Gasteiger partial charge in [-0.05, 0) is 18.1 Å². The number of nitrogens with one attached hydrogen (secondary N) is 1. The van der Waals surface area contributed by atoms with Gasteiger partial charge in [0.1, 0.15) is 18.4 Å². The topological polar surface area (TPSA) is 117 Å². The second-order valence-electron chi connectivity index (χ2n) is 8.29. The maximum Gasteiger partial charge on any atom is 0.330 e. The van der Waals surface area contributed by atoms with Crippen LogP contribution in [0, 0.1) is 0 Å². The molecule has 0 unspecified atom stereocenters. The molecule has 1 aliphatic heterocycles. The highest BCUT2D eigenvalue weighted by atomic mass is 32.2. The van der Waals surface area contributed by atoms with Crippen molar-refractivity contribution < 1.29 is 21.8 Å². The monoisotopic (exact) mass is 420 g/mol. The molecule has 0 radical (unpaired) electrons. The summed E-state index contributed by atoms with van der Waals surface area (Å²) in [6.07, 6.45) is 0.240. The van der Waals surface area contributed by atoms with Crippen LogP contribution in [0.15, 0.2) is 21.9 Å². The summed E-state index contributed by atoms with van der Waals surface area (Å²) < 4.78 is 41.7. The highest BCUT2D eigenvalue weighted by molar-refractivity contribution is 7.86. The first kappa shape index (κ1) is 22.0. The van der Waals surface area contributed by atoms with E-state index in [2.05, 4.69) is 38.8 Å². The number of hydrogen-bond donors (Lipinski definition) is 1. The zero-order chi connectivity index (χ0) is 20.6. The van der Waals surface area contributed by atoms with Gasteiger partial charge in [-0.3, -0.25) is 18.5 Å². The van der Waals surface area contributed by atoms with Gasteiger partial charge in [0, 0.05) is 18.7 Å². The van der Waals surface area contributed by atoms with Gasteiger partial charge in [0.05, 0.1) is 12.9 Å². The molecular weight excluding hydrogens is 392 g/mol. The van der Waals surface area contributed by atoms with Crippen LogP contribution in [0.3, 0.4) is 0 Å². The molecule has 11 heteroatoms. The molecule has 1 saturated heterocycles. The molecule has 9 nitrogen and oxygen atoms in total. The maximum atomic E-state index is 12.0. The summed E-state index contributed by atoms with van der Waals surface area (Å²) in [4.78, 5) is 25.4. The van der Waals surface area contributed by atoms with E-state index in [9.17, 15) is 18.0 Å². The standard InChI is InChI=1S/C16H28N2O7SSi/c1-16(2,3)27(5,6)23-10-12-11(25-26(4,21)22)9-14(24-12)18-8-7-13(19)17-15(18)20/h7-8,11-12,14H,9-10H2,1-6H3,(H,17,19,20)/t11-,12+,14+/m0/s1. The predicted molar refractivity (Wildman–Crippen MR) is 103 cm³/mol. The second-order valence-corrected chi connectivity index (χ2v) is 14.7. The van der Waals surface area contributed by atoms with Crippen LogP contribution >= 0.6 is 0 Å². The van der Waals surface area contributed by atoms with Crippen molar-refractivity contribution in [3.05, 3.63) is 33.1 Å². The Balaban J connectivity index is 2.22. The van der Waals surface area contributed by atoms with Crippen molar-refractivity contribution in [1.82, 2.24) is 9.55 Å². The molecule has 0 aliphatic carbocycles. The van der Waals surface area contributed by atoms with Crippen LogP contribution in [-0.4, -0.2) is 51.4 Å². The van der Waals surface area contributed by atoms with Gasteiger partial charge in [0.15, 0.2) is 8.32 Å². The summed E-state index contributed by atoms with van der Waals surface area (Å²) in [5.41, 5.74) is -1.15. The Morgan fingerprint density at radius 2 is 1.96 bits per heavy atom. The van der Waals surface area contributed by atoms with Crippen LogP contribution in [-0.2, 0) is 23.5 Å². The van der Waals surface area contributed by atoms with Gasteiger partial charge in [-0.2, -0.15) is 8.42 Å². The van der Waals surface area contributed by atoms with E-state index in [4.69, 9.17) is 13.3 Å². The average molecular weight is 421 g/mol. The SMILES string of the molecule is CC(C)(C)[Si](C)(C)OC[C@H]1O[C@@H](n2ccc(=O)[nH]c2=O)C[C@@H]1OS(C)(=O)=O. The Hall–Kier alpha value is -1.27. The summed E-state index contributed by atoms with van der Waals surface area (Å²) in [7, 11) is -5.80. The zero-order valence-corrected chi connectivity index (χ0v) is 18.3. The van der Waals surface area contributed by atoms with E-state index >= 15 is 0 Å². The Kier molecular flexibility index (Phi) is 6.22. The number of ether oxygens (including phenoxy) is 1. The number of aromatic amines is 1. The van der Waals surface area contributed by atoms with Crippen molar-refractivity contribution in [3.63, 3.8) is 0 Å². The summed E-state index contributed by atoms with van der Waals surface area (Å²) in [5, 5.41) is -0.0198. The Morgan fingerprint density at radius 1 is 1.33 bits per heavy atom. The molecule has 1 fully saturated rings. The van der Waals surface area contributed by atoms with Crippen LogP contribution in [0.4, 0.5) is 0 Å². The first-order valence-corrected chi connectivity index (χ1v) is 13.4. The van der Waals surface area contributed by atoms with E-state index in [-0.39, 0.29) is 18.1 Å². The third-order valence-electron chi connectivity index (χ3n) is 5.05. The molecule has 1 aliphatic rings. The van der Waals surface area contributed by atoms with Crippen LogP contribution < -0.4 is 11.2 Å². The third kappa shape index (κ3) is 5.61.